The van der Waals surface area contributed by atoms with E-state index in [1.807, 2.05) is 30.3 Å². The largest absolute Gasteiger partial charge is 0.462 e. The third-order valence-corrected chi connectivity index (χ3v) is 4.50. The number of carbonyl (C=O) groups excluding carboxylic acids is 3. The van der Waals surface area contributed by atoms with Crippen molar-refractivity contribution >= 4 is 34.1 Å². The summed E-state index contributed by atoms with van der Waals surface area (Å²) in [6.07, 6.45) is 0.157. The molecule has 2 rings (SSSR count). The summed E-state index contributed by atoms with van der Waals surface area (Å²) in [5.41, 5.74) is 6.80. The van der Waals surface area contributed by atoms with E-state index >= 15 is 0 Å². The Morgan fingerprint density at radius 3 is 2.46 bits per heavy atom. The second kappa shape index (κ2) is 7.74. The molecule has 6 nitrogen and oxygen atoms in total. The van der Waals surface area contributed by atoms with Gasteiger partial charge in [-0.3, -0.25) is 9.59 Å². The molecule has 3 N–H and O–H groups in total. The van der Waals surface area contributed by atoms with Crippen LogP contribution in [-0.2, 0) is 16.0 Å². The van der Waals surface area contributed by atoms with Gasteiger partial charge in [-0.1, -0.05) is 30.3 Å². The van der Waals surface area contributed by atoms with E-state index in [2.05, 4.69) is 5.32 Å². The number of benzene rings is 1. The first kappa shape index (κ1) is 17.7. The van der Waals surface area contributed by atoms with E-state index in [9.17, 15) is 14.4 Å². The van der Waals surface area contributed by atoms with Crippen LogP contribution < -0.4 is 11.1 Å². The number of primary amides is 1. The van der Waals surface area contributed by atoms with Crippen molar-refractivity contribution in [1.29, 1.82) is 0 Å². The second-order valence-corrected chi connectivity index (χ2v) is 6.08. The van der Waals surface area contributed by atoms with Crippen LogP contribution in [0.1, 0.15) is 38.1 Å². The van der Waals surface area contributed by atoms with Crippen LogP contribution in [0.3, 0.4) is 0 Å². The van der Waals surface area contributed by atoms with Crippen LogP contribution in [0.25, 0.3) is 0 Å². The van der Waals surface area contributed by atoms with Gasteiger partial charge in [0.1, 0.15) is 9.88 Å². The SMILES string of the molecule is CCOC(=O)c1sc(NC(=O)Cc2ccccc2)c(C(N)=O)c1C. The highest BCUT2D eigenvalue weighted by molar-refractivity contribution is 7.18. The summed E-state index contributed by atoms with van der Waals surface area (Å²) in [4.78, 5) is 36.1. The summed E-state index contributed by atoms with van der Waals surface area (Å²) in [6.45, 7) is 3.52. The molecule has 0 fully saturated rings. The van der Waals surface area contributed by atoms with Crippen LogP contribution in [0.2, 0.25) is 0 Å². The summed E-state index contributed by atoms with van der Waals surface area (Å²) in [7, 11) is 0. The average molecular weight is 346 g/mol. The molecule has 2 amide bonds. The number of esters is 1. The number of nitrogens with one attached hydrogen (secondary N) is 1. The topological polar surface area (TPSA) is 98.5 Å². The number of amides is 2. The highest BCUT2D eigenvalue weighted by Gasteiger charge is 2.25. The van der Waals surface area contributed by atoms with Crippen molar-refractivity contribution in [3.8, 4) is 0 Å². The van der Waals surface area contributed by atoms with Crippen molar-refractivity contribution in [2.75, 3.05) is 11.9 Å². The van der Waals surface area contributed by atoms with Gasteiger partial charge in [0, 0.05) is 0 Å². The summed E-state index contributed by atoms with van der Waals surface area (Å²) in [6, 6.07) is 9.20. The normalized spacial score (nSPS) is 10.2. The van der Waals surface area contributed by atoms with Gasteiger partial charge in [-0.2, -0.15) is 0 Å². The van der Waals surface area contributed by atoms with E-state index in [1.165, 1.54) is 0 Å². The molecule has 1 aromatic heterocycles. The van der Waals surface area contributed by atoms with Crippen LogP contribution in [0.4, 0.5) is 5.00 Å². The lowest BCUT2D eigenvalue weighted by Crippen LogP contribution is -2.18. The molecule has 24 heavy (non-hydrogen) atoms. The monoisotopic (exact) mass is 346 g/mol. The minimum atomic E-state index is -0.700. The molecule has 1 heterocycles. The highest BCUT2D eigenvalue weighted by atomic mass is 32.1. The van der Waals surface area contributed by atoms with Crippen LogP contribution in [0.5, 0.6) is 0 Å². The zero-order valence-corrected chi connectivity index (χ0v) is 14.2. The molecule has 0 unspecified atom stereocenters. The third kappa shape index (κ3) is 3.99. The van der Waals surface area contributed by atoms with Gasteiger partial charge in [0.2, 0.25) is 5.91 Å². The third-order valence-electron chi connectivity index (χ3n) is 3.31. The summed E-state index contributed by atoms with van der Waals surface area (Å²) < 4.78 is 4.96. The summed E-state index contributed by atoms with van der Waals surface area (Å²) in [5.74, 6) is -1.53. The maximum Gasteiger partial charge on any atom is 0.348 e. The highest BCUT2D eigenvalue weighted by Crippen LogP contribution is 2.33. The maximum absolute atomic E-state index is 12.2. The minimum Gasteiger partial charge on any atom is -0.462 e. The summed E-state index contributed by atoms with van der Waals surface area (Å²) in [5, 5.41) is 2.94. The average Bonchev–Trinajstić information content (AvgIpc) is 2.84. The Balaban J connectivity index is 2.25. The van der Waals surface area contributed by atoms with E-state index in [4.69, 9.17) is 10.5 Å². The predicted molar refractivity (Wildman–Crippen MR) is 92.3 cm³/mol. The molecule has 0 radical (unpaired) electrons. The second-order valence-electron chi connectivity index (χ2n) is 5.06. The van der Waals surface area contributed by atoms with Crippen LogP contribution in [0.15, 0.2) is 30.3 Å². The van der Waals surface area contributed by atoms with Gasteiger partial charge in [-0.05, 0) is 25.0 Å². The lowest BCUT2D eigenvalue weighted by Gasteiger charge is -2.05. The molecular weight excluding hydrogens is 328 g/mol. The molecule has 0 bridgehead atoms. The van der Waals surface area contributed by atoms with Gasteiger partial charge >= 0.3 is 5.97 Å². The minimum absolute atomic E-state index is 0.143. The Morgan fingerprint density at radius 1 is 1.21 bits per heavy atom. The van der Waals surface area contributed by atoms with Gasteiger partial charge < -0.3 is 15.8 Å². The molecular formula is C17H18N2O4S. The molecule has 0 saturated carbocycles. The van der Waals surface area contributed by atoms with Crippen molar-refractivity contribution in [3.63, 3.8) is 0 Å². The molecule has 0 saturated heterocycles. The fraction of sp³-hybridized carbons (Fsp3) is 0.235. The van der Waals surface area contributed by atoms with Crippen LogP contribution in [0, 0.1) is 6.92 Å². The zero-order valence-electron chi connectivity index (χ0n) is 13.4. The zero-order chi connectivity index (χ0) is 17.7. The van der Waals surface area contributed by atoms with E-state index in [-0.39, 0.29) is 34.4 Å². The van der Waals surface area contributed by atoms with Crippen LogP contribution >= 0.6 is 11.3 Å². The van der Waals surface area contributed by atoms with Gasteiger partial charge in [-0.15, -0.1) is 11.3 Å². The molecule has 0 spiro atoms. The van der Waals surface area contributed by atoms with E-state index < -0.39 is 11.9 Å². The van der Waals surface area contributed by atoms with Crippen molar-refractivity contribution in [2.24, 2.45) is 5.73 Å². The quantitative estimate of drug-likeness (QED) is 0.785. The van der Waals surface area contributed by atoms with E-state index in [0.29, 0.717) is 5.56 Å². The van der Waals surface area contributed by atoms with Gasteiger partial charge in [0.15, 0.2) is 0 Å². The first-order valence-corrected chi connectivity index (χ1v) is 8.19. The summed E-state index contributed by atoms with van der Waals surface area (Å²) >= 11 is 0.994. The number of rotatable bonds is 6. The lowest BCUT2D eigenvalue weighted by atomic mass is 10.1. The Morgan fingerprint density at radius 2 is 1.88 bits per heavy atom. The maximum atomic E-state index is 12.2. The first-order chi connectivity index (χ1) is 11.4. The first-order valence-electron chi connectivity index (χ1n) is 7.38. The number of ether oxygens (including phenoxy) is 1. The fourth-order valence-corrected chi connectivity index (χ4v) is 3.36. The molecule has 0 aliphatic carbocycles. The number of nitrogens with two attached hydrogens (primary N) is 1. The van der Waals surface area contributed by atoms with E-state index in [1.54, 1.807) is 13.8 Å². The Labute approximate surface area is 143 Å². The standard InChI is InChI=1S/C17H18N2O4S/c1-3-23-17(22)14-10(2)13(15(18)21)16(24-14)19-12(20)9-11-7-5-4-6-8-11/h4-8H,3,9H2,1-2H3,(H2,18,21)(H,19,20). The predicted octanol–water partition coefficient (Wildman–Crippen LogP) is 2.51. The molecule has 2 aromatic rings. The smallest absolute Gasteiger partial charge is 0.348 e. The Hall–Kier alpha value is -2.67. The van der Waals surface area contributed by atoms with Crippen LogP contribution in [-0.4, -0.2) is 24.4 Å². The van der Waals surface area contributed by atoms with Gasteiger partial charge in [-0.25, -0.2) is 4.79 Å². The van der Waals surface area contributed by atoms with E-state index in [0.717, 1.165) is 16.9 Å². The Kier molecular flexibility index (Phi) is 5.70. The molecule has 1 aromatic carbocycles. The molecule has 7 heteroatoms. The van der Waals surface area contributed by atoms with Gasteiger partial charge in [0.25, 0.3) is 5.91 Å². The number of anilines is 1. The van der Waals surface area contributed by atoms with Crippen molar-refractivity contribution in [3.05, 3.63) is 51.9 Å². The number of hydrogen-bond acceptors (Lipinski definition) is 5. The van der Waals surface area contributed by atoms with Crippen molar-refractivity contribution in [1.82, 2.24) is 0 Å². The van der Waals surface area contributed by atoms with Gasteiger partial charge in [0.05, 0.1) is 18.6 Å². The number of thiophene rings is 1. The molecule has 0 aliphatic heterocycles. The van der Waals surface area contributed by atoms with Crippen molar-refractivity contribution < 1.29 is 19.1 Å². The lowest BCUT2D eigenvalue weighted by molar-refractivity contribution is -0.115. The molecule has 0 aliphatic rings. The fourth-order valence-electron chi connectivity index (χ4n) is 2.24. The number of hydrogen-bond donors (Lipinski definition) is 2. The molecule has 0 atom stereocenters. The number of carbonyl (C=O) groups is 3. The van der Waals surface area contributed by atoms with Crippen molar-refractivity contribution in [2.45, 2.75) is 20.3 Å². The molecule has 126 valence electrons. The Bertz CT molecular complexity index is 768.